The van der Waals surface area contributed by atoms with Crippen molar-refractivity contribution in [1.29, 1.82) is 0 Å². The van der Waals surface area contributed by atoms with Gasteiger partial charge in [-0.25, -0.2) is 4.79 Å². The zero-order valence-electron chi connectivity index (χ0n) is 12.2. The third-order valence-electron chi connectivity index (χ3n) is 2.13. The van der Waals surface area contributed by atoms with Gasteiger partial charge >= 0.3 is 6.09 Å². The van der Waals surface area contributed by atoms with Crippen molar-refractivity contribution in [3.63, 3.8) is 0 Å². The van der Waals surface area contributed by atoms with E-state index >= 15 is 0 Å². The number of unbranched alkanes of at least 4 members (excludes halogenated alkanes) is 3. The quantitative estimate of drug-likeness (QED) is 0.669. The predicted molar refractivity (Wildman–Crippen MR) is 80.0 cm³/mol. The van der Waals surface area contributed by atoms with Crippen LogP contribution in [-0.4, -0.2) is 24.0 Å². The van der Waals surface area contributed by atoms with Gasteiger partial charge < -0.3 is 10.1 Å². The van der Waals surface area contributed by atoms with E-state index in [-0.39, 0.29) is 6.09 Å². The zero-order chi connectivity index (χ0) is 14.0. The molecule has 1 amide bonds. The molecule has 4 heteroatoms. The number of hydrogen-bond donors (Lipinski definition) is 1. The van der Waals surface area contributed by atoms with E-state index < -0.39 is 5.60 Å². The van der Waals surface area contributed by atoms with Gasteiger partial charge in [-0.15, -0.1) is 11.8 Å². The minimum absolute atomic E-state index is 0.379. The van der Waals surface area contributed by atoms with E-state index in [9.17, 15) is 4.79 Å². The second-order valence-electron chi connectivity index (χ2n) is 5.30. The molecule has 0 spiro atoms. The van der Waals surface area contributed by atoms with Crippen LogP contribution in [0.4, 0.5) is 4.79 Å². The summed E-state index contributed by atoms with van der Waals surface area (Å²) in [6.45, 7) is 12.2. The summed E-state index contributed by atoms with van der Waals surface area (Å²) < 4.78 is 5.15. The summed E-state index contributed by atoms with van der Waals surface area (Å²) >= 11 is 1.72. The Morgan fingerprint density at radius 3 is 2.50 bits per heavy atom. The fourth-order valence-corrected chi connectivity index (χ4v) is 2.09. The molecule has 0 aliphatic carbocycles. The Morgan fingerprint density at radius 2 is 1.94 bits per heavy atom. The summed E-state index contributed by atoms with van der Waals surface area (Å²) in [5.74, 6) is 1.08. The van der Waals surface area contributed by atoms with Gasteiger partial charge in [-0.05, 0) is 37.9 Å². The average molecular weight is 273 g/mol. The Labute approximate surface area is 116 Å². The van der Waals surface area contributed by atoms with Crippen LogP contribution in [0.2, 0.25) is 0 Å². The lowest BCUT2D eigenvalue weighted by molar-refractivity contribution is 0.0533. The smallest absolute Gasteiger partial charge is 0.407 e. The molecule has 0 atom stereocenters. The van der Waals surface area contributed by atoms with Gasteiger partial charge in [0.25, 0.3) is 0 Å². The third kappa shape index (κ3) is 11.8. The van der Waals surface area contributed by atoms with Crippen LogP contribution in [0.3, 0.4) is 0 Å². The lowest BCUT2D eigenvalue weighted by Gasteiger charge is -2.19. The minimum Gasteiger partial charge on any atom is -0.444 e. The fraction of sp³-hybridized carbons (Fsp3) is 0.786. The zero-order valence-corrected chi connectivity index (χ0v) is 13.0. The minimum atomic E-state index is -0.446. The first kappa shape index (κ1) is 17.4. The van der Waals surface area contributed by atoms with Crippen molar-refractivity contribution in [3.05, 3.63) is 11.5 Å². The molecule has 0 aliphatic heterocycles. The molecular weight excluding hydrogens is 246 g/mol. The Bertz CT molecular complexity index is 259. The number of carbonyl (C=O) groups is 1. The number of nitrogens with one attached hydrogen (secondary N) is 1. The molecule has 0 saturated carbocycles. The number of alkyl carbamates (subject to hydrolysis) is 1. The highest BCUT2D eigenvalue weighted by molar-refractivity contribution is 8.03. The standard InChI is InChI=1S/C14H27NO2S/c1-6-7-8-9-10-18-12(2)11-15-13(16)17-14(3,4)5/h2,6-11H2,1,3-5H3,(H,15,16). The topological polar surface area (TPSA) is 38.3 Å². The summed E-state index contributed by atoms with van der Waals surface area (Å²) in [5, 5.41) is 2.71. The molecule has 0 aromatic heterocycles. The van der Waals surface area contributed by atoms with Crippen molar-refractivity contribution in [1.82, 2.24) is 5.32 Å². The van der Waals surface area contributed by atoms with Crippen LogP contribution in [-0.2, 0) is 4.74 Å². The summed E-state index contributed by atoms with van der Waals surface area (Å²) in [7, 11) is 0. The number of hydrogen-bond acceptors (Lipinski definition) is 3. The second kappa shape index (κ2) is 9.31. The van der Waals surface area contributed by atoms with Gasteiger partial charge in [0.15, 0.2) is 0 Å². The first-order valence-electron chi connectivity index (χ1n) is 6.62. The molecule has 0 aromatic rings. The number of thioether (sulfide) groups is 1. The highest BCUT2D eigenvalue weighted by Crippen LogP contribution is 2.15. The molecule has 0 unspecified atom stereocenters. The monoisotopic (exact) mass is 273 g/mol. The highest BCUT2D eigenvalue weighted by atomic mass is 32.2. The lowest BCUT2D eigenvalue weighted by atomic mass is 10.2. The first-order valence-corrected chi connectivity index (χ1v) is 7.61. The van der Waals surface area contributed by atoms with Crippen LogP contribution < -0.4 is 5.32 Å². The van der Waals surface area contributed by atoms with E-state index in [0.29, 0.717) is 6.54 Å². The van der Waals surface area contributed by atoms with Gasteiger partial charge in [-0.1, -0.05) is 32.8 Å². The van der Waals surface area contributed by atoms with Gasteiger partial charge in [-0.3, -0.25) is 0 Å². The molecule has 0 fully saturated rings. The van der Waals surface area contributed by atoms with Gasteiger partial charge in [0.05, 0.1) is 6.54 Å². The van der Waals surface area contributed by atoms with Crippen LogP contribution in [0, 0.1) is 0 Å². The van der Waals surface area contributed by atoms with E-state index in [1.165, 1.54) is 25.7 Å². The van der Waals surface area contributed by atoms with E-state index in [1.54, 1.807) is 11.8 Å². The summed E-state index contributed by atoms with van der Waals surface area (Å²) in [5.41, 5.74) is -0.446. The second-order valence-corrected chi connectivity index (χ2v) is 6.58. The number of rotatable bonds is 8. The van der Waals surface area contributed by atoms with Gasteiger partial charge in [0, 0.05) is 0 Å². The molecule has 0 aliphatic rings. The average Bonchev–Trinajstić information content (AvgIpc) is 2.24. The Hall–Kier alpha value is -0.640. The summed E-state index contributed by atoms with van der Waals surface area (Å²) in [6.07, 6.45) is 4.66. The molecule has 0 heterocycles. The molecule has 0 radical (unpaired) electrons. The van der Waals surface area contributed by atoms with Crippen LogP contribution in [0.5, 0.6) is 0 Å². The van der Waals surface area contributed by atoms with E-state index in [0.717, 1.165) is 10.7 Å². The van der Waals surface area contributed by atoms with Crippen molar-refractivity contribution >= 4 is 17.9 Å². The van der Waals surface area contributed by atoms with Crippen LogP contribution >= 0.6 is 11.8 Å². The van der Waals surface area contributed by atoms with E-state index in [1.807, 2.05) is 20.8 Å². The Kier molecular flexibility index (Phi) is 8.98. The fourth-order valence-electron chi connectivity index (χ4n) is 1.28. The number of amides is 1. The maximum atomic E-state index is 11.4. The maximum absolute atomic E-state index is 11.4. The molecule has 0 saturated heterocycles. The van der Waals surface area contributed by atoms with E-state index in [4.69, 9.17) is 4.74 Å². The molecule has 106 valence electrons. The third-order valence-corrected chi connectivity index (χ3v) is 3.18. The van der Waals surface area contributed by atoms with Crippen LogP contribution in [0.15, 0.2) is 11.5 Å². The van der Waals surface area contributed by atoms with Crippen molar-refractivity contribution < 1.29 is 9.53 Å². The molecule has 18 heavy (non-hydrogen) atoms. The normalized spacial score (nSPS) is 11.1. The Balaban J connectivity index is 3.55. The highest BCUT2D eigenvalue weighted by Gasteiger charge is 2.15. The number of ether oxygens (including phenoxy) is 1. The van der Waals surface area contributed by atoms with Crippen molar-refractivity contribution in [2.45, 2.75) is 59.0 Å². The van der Waals surface area contributed by atoms with E-state index in [2.05, 4.69) is 18.8 Å². The van der Waals surface area contributed by atoms with Crippen molar-refractivity contribution in [2.75, 3.05) is 12.3 Å². The summed E-state index contributed by atoms with van der Waals surface area (Å²) in [4.78, 5) is 12.4. The van der Waals surface area contributed by atoms with Crippen LogP contribution in [0.25, 0.3) is 0 Å². The molecular formula is C14H27NO2S. The largest absolute Gasteiger partial charge is 0.444 e. The van der Waals surface area contributed by atoms with Gasteiger partial charge in [0.2, 0.25) is 0 Å². The van der Waals surface area contributed by atoms with Gasteiger partial charge in [-0.2, -0.15) is 0 Å². The van der Waals surface area contributed by atoms with Crippen molar-refractivity contribution in [3.8, 4) is 0 Å². The summed E-state index contributed by atoms with van der Waals surface area (Å²) in [6, 6.07) is 0. The van der Waals surface area contributed by atoms with Gasteiger partial charge in [0.1, 0.15) is 5.60 Å². The van der Waals surface area contributed by atoms with Crippen LogP contribution in [0.1, 0.15) is 53.4 Å². The predicted octanol–water partition coefficient (Wildman–Crippen LogP) is 4.34. The van der Waals surface area contributed by atoms with Crippen molar-refractivity contribution in [2.24, 2.45) is 0 Å². The first-order chi connectivity index (χ1) is 8.35. The Morgan fingerprint density at radius 1 is 1.28 bits per heavy atom. The molecule has 0 rings (SSSR count). The molecule has 3 nitrogen and oxygen atoms in total. The molecule has 0 aromatic carbocycles. The molecule has 0 bridgehead atoms. The molecule has 1 N–H and O–H groups in total. The number of carbonyl (C=O) groups excluding carboxylic acids is 1. The maximum Gasteiger partial charge on any atom is 0.407 e. The SMILES string of the molecule is C=C(CNC(=O)OC(C)(C)C)SCCCCCC. The lowest BCUT2D eigenvalue weighted by Crippen LogP contribution is -2.33.